The molecule has 0 aliphatic rings. The van der Waals surface area contributed by atoms with Gasteiger partial charge in [-0.15, -0.1) is 0 Å². The van der Waals surface area contributed by atoms with Crippen LogP contribution in [-0.4, -0.2) is 29.6 Å². The van der Waals surface area contributed by atoms with E-state index in [2.05, 4.69) is 5.32 Å². The topological polar surface area (TPSA) is 92.4 Å². The highest BCUT2D eigenvalue weighted by Gasteiger charge is 2.20. The number of amides is 1. The molecule has 1 amide bonds. The van der Waals surface area contributed by atoms with E-state index in [9.17, 15) is 14.7 Å². The van der Waals surface area contributed by atoms with Crippen LogP contribution >= 0.6 is 0 Å². The van der Waals surface area contributed by atoms with E-state index >= 15 is 0 Å². The van der Waals surface area contributed by atoms with Crippen molar-refractivity contribution in [2.45, 2.75) is 32.2 Å². The van der Waals surface area contributed by atoms with Crippen LogP contribution in [0.2, 0.25) is 0 Å². The van der Waals surface area contributed by atoms with Crippen molar-refractivity contribution in [2.75, 3.05) is 6.54 Å². The quantitative estimate of drug-likeness (QED) is 0.665. The maximum absolute atomic E-state index is 11.8. The Bertz CT molecular complexity index is 434. The number of carboxylic acid groups (broad SMARTS) is 1. The van der Waals surface area contributed by atoms with Crippen LogP contribution in [0.1, 0.15) is 25.3 Å². The second-order valence-electron chi connectivity index (χ2n) is 5.03. The van der Waals surface area contributed by atoms with Gasteiger partial charge in [0.2, 0.25) is 5.91 Å². The molecule has 0 heterocycles. The van der Waals surface area contributed by atoms with Gasteiger partial charge in [-0.25, -0.2) is 4.79 Å². The number of carbonyl (C=O) groups is 2. The third kappa shape index (κ3) is 5.84. The number of nitrogens with one attached hydrogen (secondary N) is 1. The van der Waals surface area contributed by atoms with Crippen LogP contribution in [0.25, 0.3) is 0 Å². The van der Waals surface area contributed by atoms with Gasteiger partial charge in [0.1, 0.15) is 6.04 Å². The van der Waals surface area contributed by atoms with Crippen molar-refractivity contribution >= 4 is 11.9 Å². The standard InChI is InChI=1S/C15H22N2O3/c1-11(10-16)7-8-14(18)17-13(15(19)20)9-12-5-3-2-4-6-12/h2-6,11,13H,7-10,16H2,1H3,(H,17,18)(H,19,20)/t11?,13-/m0/s1. The zero-order valence-electron chi connectivity index (χ0n) is 11.7. The zero-order valence-corrected chi connectivity index (χ0v) is 11.7. The lowest BCUT2D eigenvalue weighted by molar-refractivity contribution is -0.141. The average molecular weight is 278 g/mol. The first kappa shape index (κ1) is 16.2. The zero-order chi connectivity index (χ0) is 15.0. The van der Waals surface area contributed by atoms with Crippen LogP contribution < -0.4 is 11.1 Å². The van der Waals surface area contributed by atoms with E-state index in [4.69, 9.17) is 5.73 Å². The Kier molecular flexibility index (Phi) is 6.73. The molecule has 0 aliphatic heterocycles. The molecule has 0 fully saturated rings. The SMILES string of the molecule is CC(CN)CCC(=O)N[C@@H](Cc1ccccc1)C(=O)O. The molecule has 0 bridgehead atoms. The number of aliphatic carboxylic acids is 1. The fraction of sp³-hybridized carbons (Fsp3) is 0.467. The smallest absolute Gasteiger partial charge is 0.326 e. The normalized spacial score (nSPS) is 13.5. The van der Waals surface area contributed by atoms with Gasteiger partial charge in [0.15, 0.2) is 0 Å². The monoisotopic (exact) mass is 278 g/mol. The van der Waals surface area contributed by atoms with Gasteiger partial charge in [-0.3, -0.25) is 4.79 Å². The first-order valence-electron chi connectivity index (χ1n) is 6.79. The van der Waals surface area contributed by atoms with Crippen LogP contribution in [-0.2, 0) is 16.0 Å². The van der Waals surface area contributed by atoms with Gasteiger partial charge < -0.3 is 16.2 Å². The molecule has 1 aromatic carbocycles. The van der Waals surface area contributed by atoms with Gasteiger partial charge in [0.25, 0.3) is 0 Å². The Morgan fingerprint density at radius 2 is 1.95 bits per heavy atom. The van der Waals surface area contributed by atoms with Gasteiger partial charge in [0.05, 0.1) is 0 Å². The van der Waals surface area contributed by atoms with Crippen molar-refractivity contribution in [1.29, 1.82) is 0 Å². The van der Waals surface area contributed by atoms with Crippen LogP contribution in [0.15, 0.2) is 30.3 Å². The summed E-state index contributed by atoms with van der Waals surface area (Å²) in [6, 6.07) is 8.36. The second-order valence-corrected chi connectivity index (χ2v) is 5.03. The predicted molar refractivity (Wildman–Crippen MR) is 77.2 cm³/mol. The molecule has 1 aromatic rings. The average Bonchev–Trinajstić information content (AvgIpc) is 2.45. The highest BCUT2D eigenvalue weighted by molar-refractivity contribution is 5.83. The Morgan fingerprint density at radius 1 is 1.30 bits per heavy atom. The van der Waals surface area contributed by atoms with E-state index in [0.717, 1.165) is 5.56 Å². The summed E-state index contributed by atoms with van der Waals surface area (Å²) in [6.45, 7) is 2.49. The lowest BCUT2D eigenvalue weighted by atomic mass is 10.0. The van der Waals surface area contributed by atoms with Gasteiger partial charge in [0, 0.05) is 12.8 Å². The number of hydrogen-bond donors (Lipinski definition) is 3. The fourth-order valence-corrected chi connectivity index (χ4v) is 1.81. The molecule has 5 nitrogen and oxygen atoms in total. The van der Waals surface area contributed by atoms with E-state index in [-0.39, 0.29) is 18.2 Å². The molecule has 1 unspecified atom stereocenters. The minimum Gasteiger partial charge on any atom is -0.480 e. The van der Waals surface area contributed by atoms with E-state index in [1.54, 1.807) is 0 Å². The van der Waals surface area contributed by atoms with Crippen molar-refractivity contribution in [2.24, 2.45) is 11.7 Å². The predicted octanol–water partition coefficient (Wildman–Crippen LogP) is 1.17. The first-order valence-corrected chi connectivity index (χ1v) is 6.79. The van der Waals surface area contributed by atoms with Crippen molar-refractivity contribution in [3.8, 4) is 0 Å². The largest absolute Gasteiger partial charge is 0.480 e. The summed E-state index contributed by atoms with van der Waals surface area (Å²) in [7, 11) is 0. The Labute approximate surface area is 119 Å². The molecular weight excluding hydrogens is 256 g/mol. The molecule has 4 N–H and O–H groups in total. The molecule has 1 rings (SSSR count). The van der Waals surface area contributed by atoms with Gasteiger partial charge in [-0.2, -0.15) is 0 Å². The molecule has 0 spiro atoms. The fourth-order valence-electron chi connectivity index (χ4n) is 1.81. The molecule has 0 aliphatic carbocycles. The highest BCUT2D eigenvalue weighted by atomic mass is 16.4. The van der Waals surface area contributed by atoms with Crippen LogP contribution in [0.4, 0.5) is 0 Å². The number of nitrogens with two attached hydrogens (primary N) is 1. The summed E-state index contributed by atoms with van der Waals surface area (Å²) in [4.78, 5) is 23.0. The second kappa shape index (κ2) is 8.32. The maximum atomic E-state index is 11.8. The number of rotatable bonds is 8. The van der Waals surface area contributed by atoms with Crippen LogP contribution in [0.3, 0.4) is 0 Å². The first-order chi connectivity index (χ1) is 9.52. The van der Waals surface area contributed by atoms with Crippen molar-refractivity contribution < 1.29 is 14.7 Å². The molecule has 0 saturated heterocycles. The molecule has 110 valence electrons. The van der Waals surface area contributed by atoms with Crippen LogP contribution in [0, 0.1) is 5.92 Å². The molecule has 20 heavy (non-hydrogen) atoms. The number of hydrogen-bond acceptors (Lipinski definition) is 3. The molecule has 0 saturated carbocycles. The Morgan fingerprint density at radius 3 is 2.50 bits per heavy atom. The Hall–Kier alpha value is -1.88. The van der Waals surface area contributed by atoms with E-state index in [1.807, 2.05) is 37.3 Å². The summed E-state index contributed by atoms with van der Waals surface area (Å²) in [5.74, 6) is -0.999. The summed E-state index contributed by atoms with van der Waals surface area (Å²) >= 11 is 0. The van der Waals surface area contributed by atoms with E-state index < -0.39 is 12.0 Å². The summed E-state index contributed by atoms with van der Waals surface area (Å²) in [5.41, 5.74) is 6.37. The van der Waals surface area contributed by atoms with Crippen molar-refractivity contribution in [3.63, 3.8) is 0 Å². The van der Waals surface area contributed by atoms with Gasteiger partial charge in [-0.1, -0.05) is 37.3 Å². The lowest BCUT2D eigenvalue weighted by Gasteiger charge is -2.15. The third-order valence-corrected chi connectivity index (χ3v) is 3.18. The minimum atomic E-state index is -1.02. The van der Waals surface area contributed by atoms with Gasteiger partial charge >= 0.3 is 5.97 Å². The van der Waals surface area contributed by atoms with Crippen LogP contribution in [0.5, 0.6) is 0 Å². The molecule has 0 aromatic heterocycles. The number of benzene rings is 1. The van der Waals surface area contributed by atoms with Crippen molar-refractivity contribution in [3.05, 3.63) is 35.9 Å². The minimum absolute atomic E-state index is 0.242. The maximum Gasteiger partial charge on any atom is 0.326 e. The molecule has 2 atom stereocenters. The lowest BCUT2D eigenvalue weighted by Crippen LogP contribution is -2.42. The summed E-state index contributed by atoms with van der Waals surface area (Å²) in [6.07, 6.45) is 1.26. The molecule has 5 heteroatoms. The number of carboxylic acids is 1. The summed E-state index contributed by atoms with van der Waals surface area (Å²) in [5, 5.41) is 11.7. The van der Waals surface area contributed by atoms with E-state index in [0.29, 0.717) is 19.4 Å². The highest BCUT2D eigenvalue weighted by Crippen LogP contribution is 2.06. The van der Waals surface area contributed by atoms with E-state index in [1.165, 1.54) is 0 Å². The third-order valence-electron chi connectivity index (χ3n) is 3.18. The molecular formula is C15H22N2O3. The Balaban J connectivity index is 2.51. The number of carbonyl (C=O) groups excluding carboxylic acids is 1. The van der Waals surface area contributed by atoms with Gasteiger partial charge in [-0.05, 0) is 24.4 Å². The van der Waals surface area contributed by atoms with Crippen molar-refractivity contribution in [1.82, 2.24) is 5.32 Å². The summed E-state index contributed by atoms with van der Waals surface area (Å²) < 4.78 is 0. The molecule has 0 radical (unpaired) electrons.